The maximum atomic E-state index is 6.76. The second-order valence-corrected chi connectivity index (χ2v) is 37.7. The van der Waals surface area contributed by atoms with Crippen molar-refractivity contribution in [2.24, 2.45) is 0 Å². The fraction of sp³-hybridized carbons (Fsp3) is 0.159. The van der Waals surface area contributed by atoms with Gasteiger partial charge in [0.05, 0.1) is 44.5 Å². The zero-order chi connectivity index (χ0) is 92.8. The van der Waals surface area contributed by atoms with E-state index in [1.54, 1.807) is 0 Å². The highest BCUT2D eigenvalue weighted by Crippen LogP contribution is 2.46. The van der Waals surface area contributed by atoms with Crippen LogP contribution >= 0.6 is 11.6 Å². The number of ether oxygens (including phenoxy) is 2. The van der Waals surface area contributed by atoms with Crippen LogP contribution in [0.3, 0.4) is 0 Å². The van der Waals surface area contributed by atoms with Crippen molar-refractivity contribution in [3.05, 3.63) is 415 Å². The largest absolute Gasteiger partial charge is 0.457 e. The Balaban J connectivity index is 0.000000151. The molecule has 0 saturated heterocycles. The number of H-pyrrole nitrogens is 2. The molecule has 22 aromatic rings. The summed E-state index contributed by atoms with van der Waals surface area (Å²) < 4.78 is 17.6. The van der Waals surface area contributed by atoms with Gasteiger partial charge in [0.15, 0.2) is 0 Å². The molecule has 16 aromatic carbocycles. The van der Waals surface area contributed by atoms with E-state index in [4.69, 9.17) is 36.8 Å². The maximum absolute atomic E-state index is 6.76. The Morgan fingerprint density at radius 2 is 0.613 bits per heavy atom. The zero-order valence-corrected chi connectivity index (χ0v) is 79.1. The molecule has 6 heterocycles. The number of benzene rings is 16. The van der Waals surface area contributed by atoms with Gasteiger partial charge < -0.3 is 30.5 Å². The minimum Gasteiger partial charge on any atom is -0.457 e. The van der Waals surface area contributed by atoms with Crippen LogP contribution in [0.2, 0.25) is 5.02 Å². The number of nitrogens with zero attached hydrogens (tertiary/aromatic N) is 4. The molecule has 680 valence electrons. The molecule has 0 aliphatic heterocycles. The molecule has 0 radical (unpaired) electrons. The Morgan fingerprint density at radius 3 is 1.03 bits per heavy atom. The fourth-order valence-electron chi connectivity index (χ4n) is 19.8. The van der Waals surface area contributed by atoms with Crippen LogP contribution < -0.4 is 20.5 Å². The van der Waals surface area contributed by atoms with Crippen molar-refractivity contribution in [3.63, 3.8) is 0 Å². The smallest absolute Gasteiger partial charge is 0.138 e. The lowest BCUT2D eigenvalue weighted by molar-refractivity contribution is 0.483. The van der Waals surface area contributed by atoms with E-state index >= 15 is 0 Å². The van der Waals surface area contributed by atoms with Crippen molar-refractivity contribution < 1.29 is 9.47 Å². The van der Waals surface area contributed by atoms with Crippen LogP contribution in [0.1, 0.15) is 167 Å². The van der Waals surface area contributed by atoms with E-state index in [0.29, 0.717) is 46.3 Å². The number of halogens is 1. The van der Waals surface area contributed by atoms with Gasteiger partial charge in [-0.25, -0.2) is 9.97 Å². The number of nitrogen functional groups attached to an aromatic ring is 1. The molecule has 0 atom stereocenters. The van der Waals surface area contributed by atoms with Gasteiger partial charge in [0.1, 0.15) is 34.6 Å². The number of nitrogens with one attached hydrogen (secondary N) is 3. The molecule has 0 fully saturated rings. The van der Waals surface area contributed by atoms with Crippen molar-refractivity contribution in [2.45, 2.75) is 133 Å². The monoisotopic (exact) mass is 1810 g/mol. The van der Waals surface area contributed by atoms with E-state index in [0.717, 1.165) is 117 Å². The number of aromatic amines is 2. The van der Waals surface area contributed by atoms with Crippen LogP contribution in [0, 0.1) is 0 Å². The number of rotatable bonds is 16. The van der Waals surface area contributed by atoms with Crippen molar-refractivity contribution in [1.82, 2.24) is 29.1 Å². The Bertz CT molecular complexity index is 8430. The summed E-state index contributed by atoms with van der Waals surface area (Å²) in [5.74, 6) is 7.14. The number of fused-ring (bicyclic) bond motifs is 20. The molecule has 11 heteroatoms. The first-order valence-electron chi connectivity index (χ1n) is 47.2. The lowest BCUT2D eigenvalue weighted by Gasteiger charge is -2.23. The van der Waals surface area contributed by atoms with Crippen molar-refractivity contribution in [1.29, 1.82) is 0 Å². The van der Waals surface area contributed by atoms with E-state index in [2.05, 4.69) is 417 Å². The predicted molar refractivity (Wildman–Crippen MR) is 589 cm³/mol. The van der Waals surface area contributed by atoms with Crippen LogP contribution in [0.25, 0.3) is 164 Å². The Labute approximate surface area is 808 Å². The summed E-state index contributed by atoms with van der Waals surface area (Å²) in [6.07, 6.45) is 3.91. The second kappa shape index (κ2) is 39.2. The van der Waals surface area contributed by atoms with Gasteiger partial charge in [0.25, 0.3) is 0 Å². The van der Waals surface area contributed by atoms with Crippen LogP contribution in [0.4, 0.5) is 17.1 Å². The van der Waals surface area contributed by atoms with Gasteiger partial charge in [-0.1, -0.05) is 340 Å². The normalized spacial score (nSPS) is 11.6. The van der Waals surface area contributed by atoms with Crippen molar-refractivity contribution in [2.75, 3.05) is 11.1 Å². The maximum Gasteiger partial charge on any atom is 0.138 e. The molecule has 0 aliphatic rings. The molecule has 137 heavy (non-hydrogen) atoms. The molecule has 6 aromatic heterocycles. The SMILES string of the molecule is C.C.CC(C)c1cc(C(C)C)c(-c2ccnc(-n3c4ccccc4c4ccc(Oc5cccc(Cl)c5)cc43)c2)c(C(C)C)c1.CC(C)c1cc(C(C)C)c(-c2ccnc(-n3c4ccccc4c4ccc(Oc5cccc(Nc6cccc7c6[nH]c6ccccc6c6ccccc6c6ccccc76)c5)cc43)c2)c(C(C)C)c1.Nc1cccc2c1[nH]c1ccccc1c1ccccc1c1ccccc21. The minimum atomic E-state index is 0. The summed E-state index contributed by atoms with van der Waals surface area (Å²) in [7, 11) is 0. The van der Waals surface area contributed by atoms with E-state index in [-0.39, 0.29) is 14.9 Å². The van der Waals surface area contributed by atoms with Crippen molar-refractivity contribution in [3.8, 4) is 56.9 Å². The standard InChI is InChI=1S/C62H54N4O.C38H37ClN2O.C24H18N2.2CH4/c1-38(2)42-33-54(39(3)4)61(55(34-42)40(5)6)41-31-32-63-60(35-41)66-58-28-14-12-24-51(58)52-30-29-45(37-59(52)66)67-44-18-15-17-43(36-44)64-57-27-16-25-53-49-22-10-8-20-47(49)46-19-7-9-21-48(46)50-23-11-13-26-56(50)65-62(53)57;1-23(2)27-18-33(24(3)4)38(34(19-27)25(5)6)26-16-17-40-37(20-26)41-35-13-8-7-12-31(35)32-15-14-30(22-36(32)41)42-29-11-9-10-28(39)21-29;25-22-14-7-13-21-19-11-4-2-9-17(19)16-8-1-3-10-18(16)20-12-5-6-15-23(20)26-24(21)22;;/h7-40,64-65H,1-6H3;7-25H,1-6H3;1-15,26H,25H2;2*1H4. The van der Waals surface area contributed by atoms with E-state index in [9.17, 15) is 0 Å². The number of hydrogen-bond donors (Lipinski definition) is 4. The first-order chi connectivity index (χ1) is 65.7. The molecular weight excluding hydrogens is 1690 g/mol. The van der Waals surface area contributed by atoms with Crippen LogP contribution in [-0.2, 0) is 0 Å². The molecule has 0 bridgehead atoms. The lowest BCUT2D eigenvalue weighted by atomic mass is 9.82. The van der Waals surface area contributed by atoms with E-state index < -0.39 is 0 Å². The average Bonchev–Trinajstić information content (AvgIpc) is 1.59. The molecule has 0 aliphatic carbocycles. The van der Waals surface area contributed by atoms with Crippen LogP contribution in [0.15, 0.2) is 376 Å². The molecule has 0 unspecified atom stereocenters. The number of pyridine rings is 2. The van der Waals surface area contributed by atoms with Crippen LogP contribution in [0.5, 0.6) is 23.0 Å². The quantitative estimate of drug-likeness (QED) is 0.0715. The topological polar surface area (TPSA) is 124 Å². The van der Waals surface area contributed by atoms with Gasteiger partial charge >= 0.3 is 0 Å². The summed E-state index contributed by atoms with van der Waals surface area (Å²) in [5, 5.41) is 23.3. The third-order valence-corrected chi connectivity index (χ3v) is 26.7. The molecule has 10 nitrogen and oxygen atoms in total. The van der Waals surface area contributed by atoms with Gasteiger partial charge in [0, 0.05) is 95.4 Å². The van der Waals surface area contributed by atoms with Gasteiger partial charge in [0.2, 0.25) is 0 Å². The zero-order valence-electron chi connectivity index (χ0n) is 78.3. The predicted octanol–water partition coefficient (Wildman–Crippen LogP) is 37.1. The summed E-state index contributed by atoms with van der Waals surface area (Å²) in [6, 6.07) is 128. The summed E-state index contributed by atoms with van der Waals surface area (Å²) in [4.78, 5) is 17.5. The number of para-hydroxylation sites is 6. The highest BCUT2D eigenvalue weighted by molar-refractivity contribution is 6.30. The first kappa shape index (κ1) is 92.0. The van der Waals surface area contributed by atoms with Gasteiger partial charge in [-0.05, 0) is 249 Å². The molecule has 5 N–H and O–H groups in total. The molecule has 0 saturated carbocycles. The van der Waals surface area contributed by atoms with Crippen molar-refractivity contribution >= 4 is 159 Å². The summed E-state index contributed by atoms with van der Waals surface area (Å²) in [5.41, 5.74) is 30.7. The molecule has 22 rings (SSSR count). The Hall–Kier alpha value is -15.5. The Kier molecular flexibility index (Phi) is 26.3. The summed E-state index contributed by atoms with van der Waals surface area (Å²) in [6.45, 7) is 27.5. The average molecular weight is 1810 g/mol. The molecular formula is C126H117ClN8O2. The first-order valence-corrected chi connectivity index (χ1v) is 47.6. The number of anilines is 3. The Morgan fingerprint density at radius 1 is 0.285 bits per heavy atom. The highest BCUT2D eigenvalue weighted by atomic mass is 35.5. The third kappa shape index (κ3) is 18.0. The molecule has 0 amide bonds. The van der Waals surface area contributed by atoms with E-state index in [1.807, 2.05) is 67.0 Å². The van der Waals surface area contributed by atoms with Gasteiger partial charge in [-0.3, -0.25) is 9.13 Å². The second-order valence-electron chi connectivity index (χ2n) is 37.3. The lowest BCUT2D eigenvalue weighted by Crippen LogP contribution is -2.05. The fourth-order valence-corrected chi connectivity index (χ4v) is 20.0. The summed E-state index contributed by atoms with van der Waals surface area (Å²) >= 11 is 6.22. The number of hydrogen-bond acceptors (Lipinski definition) is 6. The van der Waals surface area contributed by atoms with E-state index in [1.165, 1.54) is 115 Å². The van der Waals surface area contributed by atoms with Crippen LogP contribution in [-0.4, -0.2) is 29.1 Å². The molecule has 0 spiro atoms. The highest BCUT2D eigenvalue weighted by Gasteiger charge is 2.25. The third-order valence-electron chi connectivity index (χ3n) is 26.4. The minimum absolute atomic E-state index is 0. The number of nitrogens with two attached hydrogens (primary N) is 1. The van der Waals surface area contributed by atoms with Gasteiger partial charge in [-0.15, -0.1) is 0 Å². The number of aromatic nitrogens is 6. The van der Waals surface area contributed by atoms with Gasteiger partial charge in [-0.2, -0.15) is 0 Å².